The number of phenolic OH excluding ortho intramolecular Hbond substituents is 4. The van der Waals surface area contributed by atoms with Crippen LogP contribution in [0.1, 0.15) is 38.0 Å². The monoisotopic (exact) mass is 1530 g/mol. The van der Waals surface area contributed by atoms with Crippen molar-refractivity contribution >= 4 is 151 Å². The maximum absolute atomic E-state index is 12.3. The fourth-order valence-corrected chi connectivity index (χ4v) is 12.7. The average molecular weight is 1530 g/mol. The first-order valence-corrected chi connectivity index (χ1v) is 34.4. The van der Waals surface area contributed by atoms with E-state index in [4.69, 9.17) is 29.3 Å². The van der Waals surface area contributed by atoms with Gasteiger partial charge in [-0.1, -0.05) is 75.1 Å². The molecule has 8 heterocycles. The maximum Gasteiger partial charge on any atom is 0.345 e. The summed E-state index contributed by atoms with van der Waals surface area (Å²) < 4.78 is 21.0. The Hall–Kier alpha value is -14.1. The SMILES string of the molecule is CC(=O)NNc1ncc(-c2cc3ccc(O)cc3oc2=O)s1.O=C(NNc1ncc(-c2cc3ccc(O)cc3oc2=O)s1)c1ccc(Cl)cc1.O=C(NNc1ncc(-c2cc3ccc(O)cc3oc2=O)s1)c1ccc([N+](=O)[O-])cc1.O=C(NNc1ncc(-c2cc3ccc(O)cc3oc2=O)s1)c1ccccc1. The van der Waals surface area contributed by atoms with Gasteiger partial charge in [0.1, 0.15) is 45.3 Å². The predicted molar refractivity (Wildman–Crippen MR) is 403 cm³/mol. The van der Waals surface area contributed by atoms with E-state index in [1.165, 1.54) is 139 Å². The van der Waals surface area contributed by atoms with Gasteiger partial charge in [-0.3, -0.25) is 72.7 Å². The second-order valence-electron chi connectivity index (χ2n) is 22.0. The lowest BCUT2D eigenvalue weighted by molar-refractivity contribution is -0.384. The van der Waals surface area contributed by atoms with Gasteiger partial charge in [0.25, 0.3) is 23.4 Å². The van der Waals surface area contributed by atoms with Crippen molar-refractivity contribution in [1.29, 1.82) is 0 Å². The zero-order chi connectivity index (χ0) is 75.4. The van der Waals surface area contributed by atoms with Crippen molar-refractivity contribution in [3.05, 3.63) is 274 Å². The second kappa shape index (κ2) is 32.5. The highest BCUT2D eigenvalue weighted by Gasteiger charge is 2.19. The molecule has 0 aliphatic rings. The van der Waals surface area contributed by atoms with Gasteiger partial charge in [0.05, 0.1) is 46.7 Å². The number of non-ortho nitro benzene ring substituents is 1. The summed E-state index contributed by atoms with van der Waals surface area (Å²) in [6.45, 7) is 1.37. The third-order valence-corrected chi connectivity index (χ3v) is 18.7. The van der Waals surface area contributed by atoms with Crippen molar-refractivity contribution in [2.45, 2.75) is 6.92 Å². The number of nitrogens with one attached hydrogen (secondary N) is 8. The number of anilines is 4. The fraction of sp³-hybridized carbons (Fsp3) is 0.0141. The van der Waals surface area contributed by atoms with Gasteiger partial charge in [0.2, 0.25) is 26.4 Å². The highest BCUT2D eigenvalue weighted by atomic mass is 35.5. The molecule has 0 saturated heterocycles. The largest absolute Gasteiger partial charge is 0.508 e. The molecule has 8 aromatic heterocycles. The first-order valence-electron chi connectivity index (χ1n) is 30.7. The molecule has 15 rings (SSSR count). The quantitative estimate of drug-likeness (QED) is 0.0243. The number of aromatic hydroxyl groups is 4. The Balaban J connectivity index is 0.000000134. The lowest BCUT2D eigenvalue weighted by Gasteiger charge is -2.05. The van der Waals surface area contributed by atoms with Crippen LogP contribution in [0.5, 0.6) is 23.0 Å². The summed E-state index contributed by atoms with van der Waals surface area (Å²) in [6, 6.07) is 45.2. The molecule has 0 radical (unpaired) electrons. The zero-order valence-electron chi connectivity index (χ0n) is 54.3. The molecule has 15 aromatic rings. The molecule has 36 heteroatoms. The molecule has 0 unspecified atom stereocenters. The summed E-state index contributed by atoms with van der Waals surface area (Å²) >= 11 is 10.5. The number of phenols is 4. The molecule has 0 bridgehead atoms. The lowest BCUT2D eigenvalue weighted by atomic mass is 10.1. The fourth-order valence-electron chi connectivity index (χ4n) is 9.53. The molecular weight excluding hydrogens is 1490 g/mol. The molecule has 31 nitrogen and oxygen atoms in total. The van der Waals surface area contributed by atoms with Crippen LogP contribution in [0.3, 0.4) is 0 Å². The van der Waals surface area contributed by atoms with E-state index in [1.54, 1.807) is 97.1 Å². The number of thiazole rings is 4. The summed E-state index contributed by atoms with van der Waals surface area (Å²) in [6.07, 6.45) is 6.02. The van der Waals surface area contributed by atoms with Crippen LogP contribution in [0.25, 0.3) is 85.6 Å². The highest BCUT2D eigenvalue weighted by molar-refractivity contribution is 7.19. The number of carbonyl (C=O) groups is 4. The van der Waals surface area contributed by atoms with Crippen LogP contribution in [0.2, 0.25) is 5.02 Å². The Morgan fingerprint density at radius 3 is 0.963 bits per heavy atom. The van der Waals surface area contributed by atoms with E-state index in [9.17, 15) is 68.9 Å². The van der Waals surface area contributed by atoms with Crippen LogP contribution in [-0.2, 0) is 4.79 Å². The topological polar surface area (TPSA) is 461 Å². The van der Waals surface area contributed by atoms with Crippen LogP contribution in [0.15, 0.2) is 238 Å². The van der Waals surface area contributed by atoms with Gasteiger partial charge in [-0.15, -0.1) is 0 Å². The number of hydrazine groups is 4. The van der Waals surface area contributed by atoms with Gasteiger partial charge in [-0.25, -0.2) is 39.1 Å². The first-order chi connectivity index (χ1) is 51.5. The van der Waals surface area contributed by atoms with Gasteiger partial charge in [0, 0.05) is 111 Å². The number of halogens is 1. The molecule has 7 aromatic carbocycles. The Morgan fingerprint density at radius 2 is 0.673 bits per heavy atom. The molecule has 107 heavy (non-hydrogen) atoms. The Labute approximate surface area is 618 Å². The van der Waals surface area contributed by atoms with Crippen molar-refractivity contribution in [1.82, 2.24) is 41.6 Å². The molecule has 0 fully saturated rings. The zero-order valence-corrected chi connectivity index (χ0v) is 58.3. The number of fused-ring (bicyclic) bond motifs is 4. The van der Waals surface area contributed by atoms with E-state index in [2.05, 4.69) is 63.3 Å². The number of hydrogen-bond acceptors (Lipinski definition) is 30. The minimum atomic E-state index is -0.585. The molecule has 12 N–H and O–H groups in total. The third kappa shape index (κ3) is 18.2. The summed E-state index contributed by atoms with van der Waals surface area (Å²) in [4.78, 5) is 125. The van der Waals surface area contributed by atoms with Crippen LogP contribution in [0, 0.1) is 10.1 Å². The number of carbonyl (C=O) groups excluding carboxylic acids is 4. The number of rotatable bonds is 16. The maximum atomic E-state index is 12.3. The van der Waals surface area contributed by atoms with Gasteiger partial charge in [-0.05, 0) is 121 Å². The average Bonchev–Trinajstić information content (AvgIpc) is 1.80. The number of nitro benzene ring substituents is 1. The van der Waals surface area contributed by atoms with Crippen molar-refractivity contribution in [3.8, 4) is 64.8 Å². The number of hydrogen-bond donors (Lipinski definition) is 12. The van der Waals surface area contributed by atoms with Gasteiger partial charge < -0.3 is 38.1 Å². The van der Waals surface area contributed by atoms with Gasteiger partial charge in [0.15, 0.2) is 0 Å². The van der Waals surface area contributed by atoms with Gasteiger partial charge >= 0.3 is 22.5 Å². The Kier molecular flexibility index (Phi) is 22.0. The van der Waals surface area contributed by atoms with E-state index >= 15 is 0 Å². The molecule has 0 atom stereocenters. The summed E-state index contributed by atoms with van der Waals surface area (Å²) in [5.41, 5.74) is 22.1. The summed E-state index contributed by atoms with van der Waals surface area (Å²) in [5, 5.41) is 53.4. The molecule has 4 amide bonds. The van der Waals surface area contributed by atoms with Crippen molar-refractivity contribution in [2.75, 3.05) is 21.7 Å². The molecule has 0 aliphatic carbocycles. The van der Waals surface area contributed by atoms with E-state index in [1.807, 2.05) is 6.07 Å². The summed E-state index contributed by atoms with van der Waals surface area (Å²) in [7, 11) is 0. The van der Waals surface area contributed by atoms with E-state index < -0.39 is 33.3 Å². The molecule has 0 saturated carbocycles. The highest BCUT2D eigenvalue weighted by Crippen LogP contribution is 2.34. The first kappa shape index (κ1) is 72.7. The van der Waals surface area contributed by atoms with Crippen LogP contribution < -0.4 is 65.9 Å². The molecule has 0 aliphatic heterocycles. The number of amides is 4. The van der Waals surface area contributed by atoms with Crippen molar-refractivity contribution in [3.63, 3.8) is 0 Å². The molecule has 0 spiro atoms. The van der Waals surface area contributed by atoms with Crippen LogP contribution in [0.4, 0.5) is 26.2 Å². The third-order valence-electron chi connectivity index (χ3n) is 14.6. The number of benzene rings is 7. The van der Waals surface area contributed by atoms with Crippen molar-refractivity contribution < 1.29 is 62.2 Å². The second-order valence-corrected chi connectivity index (χ2v) is 26.6. The molecule has 536 valence electrons. The number of nitrogens with zero attached hydrogens (tertiary/aromatic N) is 5. The van der Waals surface area contributed by atoms with E-state index in [-0.39, 0.29) is 57.6 Å². The number of nitro groups is 1. The minimum Gasteiger partial charge on any atom is -0.508 e. The summed E-state index contributed by atoms with van der Waals surface area (Å²) in [5.74, 6) is -1.33. The van der Waals surface area contributed by atoms with Crippen molar-refractivity contribution in [2.24, 2.45) is 0 Å². The minimum absolute atomic E-state index is 0.00793. The number of aromatic nitrogens is 4. The molecular formula is C71H48ClN13O18S4. The van der Waals surface area contributed by atoms with Gasteiger partial charge in [-0.2, -0.15) is 0 Å². The van der Waals surface area contributed by atoms with E-state index in [0.717, 1.165) is 11.3 Å². The standard InChI is InChI=1S/C19H12ClN3O4S.C19H12N4O6S.C19H13N3O4S.C14H11N3O4S/c20-12-4-1-10(2-5-12)17(25)22-23-19-21-9-16(28-19)14-7-11-3-6-13(24)8-15(11)27-18(14)26;24-13-6-3-11-7-14(18(26)29-15(11)8-13)16-9-20-19(30-16)22-21-17(25)10-1-4-12(5-2-10)23(27)28;23-13-7-6-12-8-14(18(25)26-15(12)9-13)16-10-20-19(27-16)22-21-17(24)11-4-2-1-3-5-11;1-7(18)16-17-14-15-6-12(22-14)10-4-8-2-3-9(19)5-11(8)21-13(10)20/h1-9,24H,(H,21,23)(H,22,25);1-9,24H,(H,20,22)(H,21,25);1-10,23H,(H,20,22)(H,21,24);2-6,19H,1H3,(H,15,17)(H,16,18). The van der Waals surface area contributed by atoms with Crippen LogP contribution >= 0.6 is 56.9 Å². The Bertz CT molecular complexity index is 6140. The Morgan fingerprint density at radius 1 is 0.393 bits per heavy atom. The smallest absolute Gasteiger partial charge is 0.345 e. The van der Waals surface area contributed by atoms with E-state index in [0.29, 0.717) is 117 Å². The normalized spacial score (nSPS) is 10.7. The predicted octanol–water partition coefficient (Wildman–Crippen LogP) is 12.8. The van der Waals surface area contributed by atoms with Crippen LogP contribution in [-0.4, -0.2) is 68.9 Å². The lowest BCUT2D eigenvalue weighted by Crippen LogP contribution is -2.29.